The Morgan fingerprint density at radius 3 is 2.39 bits per heavy atom. The summed E-state index contributed by atoms with van der Waals surface area (Å²) in [5.74, 6) is 0.109. The molecule has 1 aromatic heterocycles. The van der Waals surface area contributed by atoms with E-state index in [0.29, 0.717) is 11.4 Å². The van der Waals surface area contributed by atoms with Gasteiger partial charge in [-0.25, -0.2) is 9.78 Å². The molecule has 0 unspecified atom stereocenters. The van der Waals surface area contributed by atoms with Crippen LogP contribution < -0.4 is 16.0 Å². The molecule has 0 saturated heterocycles. The molecule has 2 aromatic carbocycles. The fourth-order valence-electron chi connectivity index (χ4n) is 2.57. The molecule has 0 atom stereocenters. The van der Waals surface area contributed by atoms with Gasteiger partial charge in [0, 0.05) is 30.8 Å². The first-order chi connectivity index (χ1) is 13.6. The fraction of sp³-hybridized carbons (Fsp3) is 0.150. The number of nitrogens with one attached hydrogen (secondary N) is 3. The molecule has 0 spiro atoms. The van der Waals surface area contributed by atoms with Gasteiger partial charge in [-0.3, -0.25) is 9.36 Å². The maximum atomic E-state index is 12.3. The van der Waals surface area contributed by atoms with Crippen LogP contribution in [0.5, 0.6) is 0 Å². The van der Waals surface area contributed by atoms with Gasteiger partial charge in [-0.1, -0.05) is 30.0 Å². The molecule has 0 radical (unpaired) electrons. The normalized spacial score (nSPS) is 10.4. The van der Waals surface area contributed by atoms with E-state index in [1.807, 2.05) is 42.0 Å². The number of rotatable bonds is 6. The molecule has 8 heteroatoms. The number of nitrogens with zero attached hydrogens (tertiary/aromatic N) is 2. The Bertz CT molecular complexity index is 969. The number of para-hydroxylation sites is 1. The lowest BCUT2D eigenvalue weighted by molar-refractivity contribution is -0.113. The third-order valence-electron chi connectivity index (χ3n) is 3.97. The summed E-state index contributed by atoms with van der Waals surface area (Å²) in [4.78, 5) is 27.9. The van der Waals surface area contributed by atoms with Crippen molar-refractivity contribution in [2.24, 2.45) is 0 Å². The van der Waals surface area contributed by atoms with Crippen LogP contribution in [0.2, 0.25) is 0 Å². The van der Waals surface area contributed by atoms with E-state index in [-0.39, 0.29) is 17.7 Å². The number of urea groups is 1. The zero-order chi connectivity index (χ0) is 19.9. The Kier molecular flexibility index (Phi) is 6.33. The first kappa shape index (κ1) is 19.5. The molecule has 3 N–H and O–H groups in total. The highest BCUT2D eigenvalue weighted by Gasteiger charge is 2.10. The van der Waals surface area contributed by atoms with Gasteiger partial charge in [0.15, 0.2) is 5.16 Å². The van der Waals surface area contributed by atoms with Crippen LogP contribution in [0.1, 0.15) is 5.56 Å². The van der Waals surface area contributed by atoms with Crippen molar-refractivity contribution in [2.75, 3.05) is 23.4 Å². The first-order valence-electron chi connectivity index (χ1n) is 8.67. The fourth-order valence-corrected chi connectivity index (χ4v) is 3.34. The van der Waals surface area contributed by atoms with Crippen molar-refractivity contribution in [2.45, 2.75) is 12.1 Å². The van der Waals surface area contributed by atoms with Gasteiger partial charge in [0.1, 0.15) is 0 Å². The largest absolute Gasteiger partial charge is 0.341 e. The monoisotopic (exact) mass is 395 g/mol. The summed E-state index contributed by atoms with van der Waals surface area (Å²) >= 11 is 1.37. The van der Waals surface area contributed by atoms with Gasteiger partial charge >= 0.3 is 6.03 Å². The molecule has 0 aliphatic heterocycles. The van der Waals surface area contributed by atoms with Gasteiger partial charge < -0.3 is 16.0 Å². The van der Waals surface area contributed by atoms with E-state index in [2.05, 4.69) is 20.9 Å². The number of imidazole rings is 1. The third-order valence-corrected chi connectivity index (χ3v) is 4.93. The number of thioether (sulfide) groups is 1. The predicted octanol–water partition coefficient (Wildman–Crippen LogP) is 3.66. The Morgan fingerprint density at radius 2 is 1.71 bits per heavy atom. The van der Waals surface area contributed by atoms with Crippen LogP contribution in [0.4, 0.5) is 16.2 Å². The van der Waals surface area contributed by atoms with Gasteiger partial charge in [-0.15, -0.1) is 0 Å². The van der Waals surface area contributed by atoms with Crippen molar-refractivity contribution in [1.82, 2.24) is 14.9 Å². The maximum absolute atomic E-state index is 12.3. The molecule has 3 aromatic rings. The lowest BCUT2D eigenvalue weighted by atomic mass is 10.2. The van der Waals surface area contributed by atoms with Crippen molar-refractivity contribution in [1.29, 1.82) is 0 Å². The average molecular weight is 395 g/mol. The van der Waals surface area contributed by atoms with Crippen molar-refractivity contribution in [3.8, 4) is 5.69 Å². The van der Waals surface area contributed by atoms with Crippen molar-refractivity contribution < 1.29 is 9.59 Å². The average Bonchev–Trinajstić information content (AvgIpc) is 3.16. The van der Waals surface area contributed by atoms with Crippen LogP contribution in [-0.2, 0) is 4.79 Å². The van der Waals surface area contributed by atoms with Gasteiger partial charge in [0.2, 0.25) is 5.91 Å². The zero-order valence-corrected chi connectivity index (χ0v) is 16.4. The Balaban J connectivity index is 1.58. The Hall–Kier alpha value is -3.26. The minimum absolute atomic E-state index is 0.128. The molecule has 144 valence electrons. The van der Waals surface area contributed by atoms with Gasteiger partial charge in [-0.05, 0) is 42.8 Å². The van der Waals surface area contributed by atoms with E-state index < -0.39 is 0 Å². The quantitative estimate of drug-likeness (QED) is 0.556. The molecular weight excluding hydrogens is 374 g/mol. The molecule has 0 saturated carbocycles. The highest BCUT2D eigenvalue weighted by atomic mass is 32.2. The second-order valence-corrected chi connectivity index (χ2v) is 6.93. The van der Waals surface area contributed by atoms with Crippen LogP contribution in [0, 0.1) is 6.92 Å². The molecule has 3 amide bonds. The summed E-state index contributed by atoms with van der Waals surface area (Å²) in [6, 6.07) is 14.7. The number of benzene rings is 2. The van der Waals surface area contributed by atoms with Crippen molar-refractivity contribution >= 4 is 35.1 Å². The van der Waals surface area contributed by atoms with Crippen LogP contribution in [0.15, 0.2) is 66.1 Å². The van der Waals surface area contributed by atoms with E-state index in [9.17, 15) is 9.59 Å². The van der Waals surface area contributed by atoms with Crippen molar-refractivity contribution in [3.05, 3.63) is 66.5 Å². The molecule has 1 heterocycles. The summed E-state index contributed by atoms with van der Waals surface area (Å²) in [5, 5.41) is 8.75. The summed E-state index contributed by atoms with van der Waals surface area (Å²) in [5.41, 5.74) is 3.49. The number of carbonyl (C=O) groups is 2. The van der Waals surface area contributed by atoms with Gasteiger partial charge in [0.05, 0.1) is 11.4 Å². The number of aromatic nitrogens is 2. The molecule has 0 fully saturated rings. The Labute approximate surface area is 167 Å². The second-order valence-electron chi connectivity index (χ2n) is 5.98. The van der Waals surface area contributed by atoms with E-state index in [1.165, 1.54) is 11.8 Å². The predicted molar refractivity (Wildman–Crippen MR) is 112 cm³/mol. The zero-order valence-electron chi connectivity index (χ0n) is 15.6. The third kappa shape index (κ3) is 4.92. The highest BCUT2D eigenvalue weighted by Crippen LogP contribution is 2.23. The lowest BCUT2D eigenvalue weighted by Gasteiger charge is -2.10. The number of aryl methyl sites for hydroxylation is 1. The van der Waals surface area contributed by atoms with E-state index in [1.54, 1.807) is 37.5 Å². The highest BCUT2D eigenvalue weighted by molar-refractivity contribution is 7.99. The smallest absolute Gasteiger partial charge is 0.318 e. The minimum atomic E-state index is -0.294. The second kappa shape index (κ2) is 9.09. The molecular formula is C20H21N5O2S. The summed E-state index contributed by atoms with van der Waals surface area (Å²) in [6.07, 6.45) is 3.62. The van der Waals surface area contributed by atoms with Crippen LogP contribution in [0.3, 0.4) is 0 Å². The number of amides is 3. The van der Waals surface area contributed by atoms with Gasteiger partial charge in [0.25, 0.3) is 0 Å². The van der Waals surface area contributed by atoms with E-state index in [0.717, 1.165) is 16.4 Å². The van der Waals surface area contributed by atoms with E-state index in [4.69, 9.17) is 0 Å². The Morgan fingerprint density at radius 1 is 1.04 bits per heavy atom. The number of anilines is 2. The summed E-state index contributed by atoms with van der Waals surface area (Å²) < 4.78 is 1.98. The van der Waals surface area contributed by atoms with Crippen LogP contribution in [0.25, 0.3) is 5.69 Å². The lowest BCUT2D eigenvalue weighted by Crippen LogP contribution is -2.24. The number of carbonyl (C=O) groups excluding carboxylic acids is 2. The minimum Gasteiger partial charge on any atom is -0.341 e. The number of hydrogen-bond donors (Lipinski definition) is 3. The number of hydrogen-bond acceptors (Lipinski definition) is 4. The summed E-state index contributed by atoms with van der Waals surface area (Å²) in [7, 11) is 1.55. The first-order valence-corrected chi connectivity index (χ1v) is 9.66. The van der Waals surface area contributed by atoms with Crippen LogP contribution in [-0.4, -0.2) is 34.3 Å². The van der Waals surface area contributed by atoms with E-state index >= 15 is 0 Å². The van der Waals surface area contributed by atoms with Crippen molar-refractivity contribution in [3.63, 3.8) is 0 Å². The van der Waals surface area contributed by atoms with Crippen LogP contribution >= 0.6 is 11.8 Å². The van der Waals surface area contributed by atoms with Gasteiger partial charge in [-0.2, -0.15) is 0 Å². The molecule has 3 rings (SSSR count). The SMILES string of the molecule is CNC(=O)Nc1ccc(NC(=O)CSc2nccn2-c2ccccc2C)cc1. The maximum Gasteiger partial charge on any atom is 0.318 e. The standard InChI is InChI=1S/C20H21N5O2S/c1-14-5-3-4-6-17(14)25-12-11-22-20(25)28-13-18(26)23-15-7-9-16(10-8-15)24-19(27)21-2/h3-12H,13H2,1-2H3,(H,23,26)(H2,21,24,27). The molecule has 0 bridgehead atoms. The molecule has 7 nitrogen and oxygen atoms in total. The molecule has 28 heavy (non-hydrogen) atoms. The summed E-state index contributed by atoms with van der Waals surface area (Å²) in [6.45, 7) is 2.04. The molecule has 0 aliphatic rings. The molecule has 0 aliphatic carbocycles. The topological polar surface area (TPSA) is 88.1 Å².